The Labute approximate surface area is 168 Å². The van der Waals surface area contributed by atoms with Crippen LogP contribution in [-0.4, -0.2) is 21.0 Å². The number of ether oxygens (including phenoxy) is 1. The molecule has 0 fully saturated rings. The van der Waals surface area contributed by atoms with Gasteiger partial charge in [0.1, 0.15) is 0 Å². The van der Waals surface area contributed by atoms with Gasteiger partial charge in [0, 0.05) is 4.47 Å². The van der Waals surface area contributed by atoms with E-state index in [9.17, 15) is 13.2 Å². The molecule has 2 rings (SSSR count). The van der Waals surface area contributed by atoms with E-state index in [1.807, 2.05) is 13.0 Å². The van der Waals surface area contributed by atoms with Gasteiger partial charge in [0.15, 0.2) is 0 Å². The highest BCUT2D eigenvalue weighted by Crippen LogP contribution is 2.27. The molecule has 7 heteroatoms. The zero-order chi connectivity index (χ0) is 20.0. The van der Waals surface area contributed by atoms with Crippen LogP contribution in [-0.2, 0) is 19.6 Å². The molecule has 1 atom stereocenters. The van der Waals surface area contributed by atoms with E-state index in [0.717, 1.165) is 10.0 Å². The number of nitrogens with one attached hydrogen (secondary N) is 1. The predicted octanol–water partition coefficient (Wildman–Crippen LogP) is 4.29. The van der Waals surface area contributed by atoms with E-state index in [-0.39, 0.29) is 17.1 Å². The number of hydrogen-bond acceptors (Lipinski definition) is 4. The number of sulfonamides is 1. The van der Waals surface area contributed by atoms with Gasteiger partial charge in [-0.25, -0.2) is 13.2 Å². The van der Waals surface area contributed by atoms with E-state index in [1.54, 1.807) is 50.3 Å². The van der Waals surface area contributed by atoms with E-state index < -0.39 is 22.0 Å². The van der Waals surface area contributed by atoms with Gasteiger partial charge < -0.3 is 4.74 Å². The number of hydrogen-bond donors (Lipinski definition) is 1. The van der Waals surface area contributed by atoms with Crippen LogP contribution in [0, 0.1) is 6.92 Å². The SMILES string of the molecule is CC=C(C(=O)OCC)C(NS(=O)(=O)c1ccc(C)cc1)c1cccc(Br)c1. The Morgan fingerprint density at radius 3 is 2.44 bits per heavy atom. The summed E-state index contributed by atoms with van der Waals surface area (Å²) in [5, 5.41) is 0. The van der Waals surface area contributed by atoms with Gasteiger partial charge in [-0.15, -0.1) is 0 Å². The highest BCUT2D eigenvalue weighted by Gasteiger charge is 2.28. The smallest absolute Gasteiger partial charge is 0.335 e. The molecule has 1 N–H and O–H groups in total. The lowest BCUT2D eigenvalue weighted by atomic mass is 9.99. The van der Waals surface area contributed by atoms with Crippen LogP contribution < -0.4 is 4.72 Å². The Morgan fingerprint density at radius 1 is 1.22 bits per heavy atom. The third-order valence-corrected chi connectivity index (χ3v) is 5.85. The summed E-state index contributed by atoms with van der Waals surface area (Å²) < 4.78 is 34.4. The van der Waals surface area contributed by atoms with Gasteiger partial charge in [0.25, 0.3) is 0 Å². The van der Waals surface area contributed by atoms with Gasteiger partial charge in [-0.2, -0.15) is 4.72 Å². The lowest BCUT2D eigenvalue weighted by molar-refractivity contribution is -0.138. The summed E-state index contributed by atoms with van der Waals surface area (Å²) >= 11 is 3.39. The van der Waals surface area contributed by atoms with Gasteiger partial charge in [-0.05, 0) is 50.6 Å². The largest absolute Gasteiger partial charge is 0.463 e. The number of carbonyl (C=O) groups is 1. The number of carbonyl (C=O) groups excluding carboxylic acids is 1. The van der Waals surface area contributed by atoms with Crippen molar-refractivity contribution in [1.82, 2.24) is 4.72 Å². The topological polar surface area (TPSA) is 72.5 Å². The number of rotatable bonds is 7. The zero-order valence-corrected chi connectivity index (χ0v) is 17.8. The summed E-state index contributed by atoms with van der Waals surface area (Å²) in [6.45, 7) is 5.46. The van der Waals surface area contributed by atoms with Crippen molar-refractivity contribution in [2.24, 2.45) is 0 Å². The molecule has 2 aromatic rings. The maximum atomic E-state index is 12.9. The Morgan fingerprint density at radius 2 is 1.89 bits per heavy atom. The molecule has 0 aliphatic rings. The summed E-state index contributed by atoms with van der Waals surface area (Å²) in [5.74, 6) is -0.559. The molecular weight excluding hydrogens is 430 g/mol. The van der Waals surface area contributed by atoms with Crippen LogP contribution in [0.4, 0.5) is 0 Å². The highest BCUT2D eigenvalue weighted by molar-refractivity contribution is 9.10. The van der Waals surface area contributed by atoms with Gasteiger partial charge in [-0.3, -0.25) is 0 Å². The van der Waals surface area contributed by atoms with Crippen molar-refractivity contribution in [2.75, 3.05) is 6.61 Å². The fourth-order valence-corrected chi connectivity index (χ4v) is 4.18. The average molecular weight is 452 g/mol. The molecule has 27 heavy (non-hydrogen) atoms. The van der Waals surface area contributed by atoms with Crippen molar-refractivity contribution in [2.45, 2.75) is 31.7 Å². The molecule has 0 saturated heterocycles. The van der Waals surface area contributed by atoms with Crippen LogP contribution >= 0.6 is 15.9 Å². The molecule has 0 bridgehead atoms. The first kappa shape index (κ1) is 21.3. The number of esters is 1. The third kappa shape index (κ3) is 5.51. The molecular formula is C20H22BrNO4S. The molecule has 144 valence electrons. The zero-order valence-electron chi connectivity index (χ0n) is 15.4. The molecule has 0 amide bonds. The van der Waals surface area contributed by atoms with Crippen molar-refractivity contribution < 1.29 is 17.9 Å². The molecule has 0 aliphatic heterocycles. The Hall–Kier alpha value is -1.96. The standard InChI is InChI=1S/C20H22BrNO4S/c1-4-18(20(23)26-5-2)19(15-7-6-8-16(21)13-15)22-27(24,25)17-11-9-14(3)10-12-17/h4,6-13,19,22H,5H2,1-3H3. The lowest BCUT2D eigenvalue weighted by Gasteiger charge is -2.21. The second kappa shape index (κ2) is 9.30. The summed E-state index contributed by atoms with van der Waals surface area (Å²) in [7, 11) is -3.85. The molecule has 0 aromatic heterocycles. The minimum Gasteiger partial charge on any atom is -0.463 e. The first-order valence-electron chi connectivity index (χ1n) is 8.46. The number of aryl methyl sites for hydroxylation is 1. The highest BCUT2D eigenvalue weighted by atomic mass is 79.9. The monoisotopic (exact) mass is 451 g/mol. The molecule has 0 saturated carbocycles. The molecule has 1 unspecified atom stereocenters. The van der Waals surface area contributed by atoms with E-state index >= 15 is 0 Å². The van der Waals surface area contributed by atoms with E-state index in [1.165, 1.54) is 12.1 Å². The van der Waals surface area contributed by atoms with Crippen molar-refractivity contribution in [3.8, 4) is 0 Å². The summed E-state index contributed by atoms with van der Waals surface area (Å²) in [4.78, 5) is 12.5. The predicted molar refractivity (Wildman–Crippen MR) is 109 cm³/mol. The van der Waals surface area contributed by atoms with Crippen molar-refractivity contribution in [3.63, 3.8) is 0 Å². The Kier molecular flexibility index (Phi) is 7.35. The normalized spacial score (nSPS) is 13.3. The van der Waals surface area contributed by atoms with Crippen LogP contribution in [0.2, 0.25) is 0 Å². The van der Waals surface area contributed by atoms with Crippen LogP contribution in [0.3, 0.4) is 0 Å². The van der Waals surface area contributed by atoms with E-state index in [4.69, 9.17) is 4.74 Å². The summed E-state index contributed by atoms with van der Waals surface area (Å²) in [5.41, 5.74) is 1.81. The number of halogens is 1. The van der Waals surface area contributed by atoms with Crippen molar-refractivity contribution in [3.05, 3.63) is 75.8 Å². The summed E-state index contributed by atoms with van der Waals surface area (Å²) in [6.07, 6.45) is 1.57. The van der Waals surface area contributed by atoms with Crippen LogP contribution in [0.25, 0.3) is 0 Å². The summed E-state index contributed by atoms with van der Waals surface area (Å²) in [6, 6.07) is 12.8. The fourth-order valence-electron chi connectivity index (χ4n) is 2.55. The van der Waals surface area contributed by atoms with Crippen molar-refractivity contribution in [1.29, 1.82) is 0 Å². The quantitative estimate of drug-likeness (QED) is 0.503. The van der Waals surface area contributed by atoms with E-state index in [0.29, 0.717) is 5.56 Å². The molecule has 0 heterocycles. The van der Waals surface area contributed by atoms with Crippen LogP contribution in [0.15, 0.2) is 69.5 Å². The Bertz CT molecular complexity index is 937. The van der Waals surface area contributed by atoms with Gasteiger partial charge >= 0.3 is 5.97 Å². The first-order chi connectivity index (χ1) is 12.8. The second-order valence-electron chi connectivity index (χ2n) is 5.89. The van der Waals surface area contributed by atoms with E-state index in [2.05, 4.69) is 20.7 Å². The van der Waals surface area contributed by atoms with Crippen molar-refractivity contribution >= 4 is 31.9 Å². The minimum atomic E-state index is -3.85. The molecule has 5 nitrogen and oxygen atoms in total. The number of benzene rings is 2. The lowest BCUT2D eigenvalue weighted by Crippen LogP contribution is -2.32. The molecule has 2 aromatic carbocycles. The Balaban J connectivity index is 2.49. The minimum absolute atomic E-state index is 0.132. The van der Waals surface area contributed by atoms with Gasteiger partial charge in [0.2, 0.25) is 10.0 Å². The fraction of sp³-hybridized carbons (Fsp3) is 0.250. The van der Waals surface area contributed by atoms with Crippen LogP contribution in [0.5, 0.6) is 0 Å². The maximum Gasteiger partial charge on any atom is 0.335 e. The molecule has 0 aliphatic carbocycles. The van der Waals surface area contributed by atoms with Gasteiger partial charge in [0.05, 0.1) is 23.1 Å². The van der Waals surface area contributed by atoms with Gasteiger partial charge in [-0.1, -0.05) is 51.8 Å². The average Bonchev–Trinajstić information content (AvgIpc) is 2.62. The third-order valence-electron chi connectivity index (χ3n) is 3.92. The molecule has 0 radical (unpaired) electrons. The number of allylic oxidation sites excluding steroid dienone is 1. The first-order valence-corrected chi connectivity index (χ1v) is 10.7. The second-order valence-corrected chi connectivity index (χ2v) is 8.52. The van der Waals surface area contributed by atoms with Crippen LogP contribution in [0.1, 0.15) is 31.0 Å². The molecule has 0 spiro atoms. The maximum absolute atomic E-state index is 12.9.